The predicted octanol–water partition coefficient (Wildman–Crippen LogP) is 4.41. The molecule has 1 aliphatic rings. The first kappa shape index (κ1) is 22.8. The molecule has 0 spiro atoms. The molecular formula is C24H32N2O5. The molecule has 0 fully saturated rings. The number of unbranched alkanes of at least 4 members (excludes halogenated alkanes) is 1. The second-order valence-corrected chi connectivity index (χ2v) is 9.05. The Morgan fingerprint density at radius 2 is 2.00 bits per heavy atom. The van der Waals surface area contributed by atoms with Gasteiger partial charge in [-0.25, -0.2) is 9.78 Å². The SMILES string of the molecule is CCCCOc1cc2c(nc1C)-c1[nH]c(=O)c(C(=O)OC)c(OC)c1C(C(C)(C)C)C2. The summed E-state index contributed by atoms with van der Waals surface area (Å²) in [5.41, 5.74) is 3.01. The van der Waals surface area contributed by atoms with Gasteiger partial charge in [0.1, 0.15) is 11.5 Å². The molecule has 7 heteroatoms. The van der Waals surface area contributed by atoms with Crippen LogP contribution in [0.2, 0.25) is 0 Å². The van der Waals surface area contributed by atoms with Crippen molar-refractivity contribution < 1.29 is 19.0 Å². The van der Waals surface area contributed by atoms with Gasteiger partial charge < -0.3 is 19.2 Å². The third kappa shape index (κ3) is 4.18. The van der Waals surface area contributed by atoms with Gasteiger partial charge >= 0.3 is 5.97 Å². The Morgan fingerprint density at radius 1 is 1.29 bits per heavy atom. The van der Waals surface area contributed by atoms with E-state index >= 15 is 0 Å². The lowest BCUT2D eigenvalue weighted by Gasteiger charge is -2.37. The highest BCUT2D eigenvalue weighted by Crippen LogP contribution is 2.50. The predicted molar refractivity (Wildman–Crippen MR) is 119 cm³/mol. The maximum absolute atomic E-state index is 12.9. The smallest absolute Gasteiger partial charge is 0.347 e. The first-order valence-electron chi connectivity index (χ1n) is 10.7. The molecule has 1 unspecified atom stereocenters. The zero-order valence-corrected chi connectivity index (χ0v) is 19.5. The molecule has 168 valence electrons. The molecule has 0 aliphatic heterocycles. The molecular weight excluding hydrogens is 396 g/mol. The maximum Gasteiger partial charge on any atom is 0.347 e. The average Bonchev–Trinajstić information content (AvgIpc) is 2.71. The van der Waals surface area contributed by atoms with Crippen LogP contribution in [0.25, 0.3) is 11.4 Å². The Bertz CT molecular complexity index is 1050. The van der Waals surface area contributed by atoms with E-state index in [-0.39, 0.29) is 22.6 Å². The monoisotopic (exact) mass is 428 g/mol. The number of esters is 1. The van der Waals surface area contributed by atoms with E-state index in [1.165, 1.54) is 14.2 Å². The number of hydrogen-bond donors (Lipinski definition) is 1. The number of aromatic amines is 1. The minimum Gasteiger partial charge on any atom is -0.495 e. The second kappa shape index (κ2) is 8.73. The van der Waals surface area contributed by atoms with Gasteiger partial charge in [0, 0.05) is 5.56 Å². The lowest BCUT2D eigenvalue weighted by atomic mass is 9.69. The largest absolute Gasteiger partial charge is 0.495 e. The van der Waals surface area contributed by atoms with Crippen molar-refractivity contribution in [3.8, 4) is 22.9 Å². The van der Waals surface area contributed by atoms with Gasteiger partial charge in [0.05, 0.1) is 37.9 Å². The summed E-state index contributed by atoms with van der Waals surface area (Å²) in [7, 11) is 2.72. The van der Waals surface area contributed by atoms with Gasteiger partial charge in [-0.2, -0.15) is 0 Å². The van der Waals surface area contributed by atoms with Crippen molar-refractivity contribution in [1.29, 1.82) is 0 Å². The molecule has 1 N–H and O–H groups in total. The van der Waals surface area contributed by atoms with Crippen LogP contribution in [0.1, 0.15) is 73.6 Å². The Balaban J connectivity index is 2.28. The Kier molecular flexibility index (Phi) is 6.43. The molecule has 7 nitrogen and oxygen atoms in total. The number of carbonyl (C=O) groups is 1. The highest BCUT2D eigenvalue weighted by molar-refractivity contribution is 5.94. The lowest BCUT2D eigenvalue weighted by Crippen LogP contribution is -2.30. The third-order valence-corrected chi connectivity index (χ3v) is 5.86. The Hall–Kier alpha value is -2.83. The molecule has 31 heavy (non-hydrogen) atoms. The lowest BCUT2D eigenvalue weighted by molar-refractivity contribution is 0.0594. The standard InChI is InChI=1S/C24H32N2O5/c1-8-9-10-31-16-12-14-11-15(24(3,4)5)17-20(19(14)25-13(16)2)26-22(27)18(21(17)29-6)23(28)30-7/h12,15H,8-11H2,1-7H3,(H,26,27). The number of H-pyrrole nitrogens is 1. The van der Waals surface area contributed by atoms with Gasteiger partial charge in [-0.05, 0) is 42.7 Å². The van der Waals surface area contributed by atoms with E-state index in [2.05, 4.69) is 32.7 Å². The summed E-state index contributed by atoms with van der Waals surface area (Å²) in [6.45, 7) is 11.1. The number of nitrogens with one attached hydrogen (secondary N) is 1. The average molecular weight is 429 g/mol. The van der Waals surface area contributed by atoms with Crippen LogP contribution in [0.15, 0.2) is 10.9 Å². The minimum absolute atomic E-state index is 0.0156. The first-order chi connectivity index (χ1) is 14.6. The zero-order chi connectivity index (χ0) is 22.9. The van der Waals surface area contributed by atoms with Gasteiger partial charge in [0.2, 0.25) is 0 Å². The first-order valence-corrected chi connectivity index (χ1v) is 10.7. The van der Waals surface area contributed by atoms with Gasteiger partial charge in [-0.3, -0.25) is 4.79 Å². The van der Waals surface area contributed by atoms with E-state index in [0.29, 0.717) is 24.4 Å². The maximum atomic E-state index is 12.9. The molecule has 1 atom stereocenters. The number of nitrogens with zero attached hydrogens (tertiary/aromatic N) is 1. The van der Waals surface area contributed by atoms with Crippen LogP contribution in [0.4, 0.5) is 0 Å². The molecule has 0 saturated heterocycles. The van der Waals surface area contributed by atoms with Crippen molar-refractivity contribution in [1.82, 2.24) is 9.97 Å². The molecule has 0 amide bonds. The summed E-state index contributed by atoms with van der Waals surface area (Å²) in [4.78, 5) is 32.9. The number of carbonyl (C=O) groups excluding carboxylic acids is 1. The fourth-order valence-corrected chi connectivity index (χ4v) is 4.14. The van der Waals surface area contributed by atoms with Crippen LogP contribution >= 0.6 is 0 Å². The summed E-state index contributed by atoms with van der Waals surface area (Å²) in [5, 5.41) is 0. The van der Waals surface area contributed by atoms with Crippen LogP contribution in [0.3, 0.4) is 0 Å². The number of pyridine rings is 2. The van der Waals surface area contributed by atoms with Crippen molar-refractivity contribution in [2.45, 2.75) is 59.8 Å². The topological polar surface area (TPSA) is 90.5 Å². The molecule has 1 aliphatic carbocycles. The molecule has 2 aromatic rings. The third-order valence-electron chi connectivity index (χ3n) is 5.86. The number of ether oxygens (including phenoxy) is 3. The molecule has 2 heterocycles. The normalized spacial score (nSPS) is 15.1. The quantitative estimate of drug-likeness (QED) is 0.542. The Labute approximate surface area is 183 Å². The zero-order valence-electron chi connectivity index (χ0n) is 19.5. The highest BCUT2D eigenvalue weighted by Gasteiger charge is 2.39. The van der Waals surface area contributed by atoms with E-state index in [9.17, 15) is 9.59 Å². The van der Waals surface area contributed by atoms with E-state index in [4.69, 9.17) is 19.2 Å². The fraction of sp³-hybridized carbons (Fsp3) is 0.542. The number of rotatable bonds is 6. The van der Waals surface area contributed by atoms with Crippen molar-refractivity contribution in [3.63, 3.8) is 0 Å². The summed E-state index contributed by atoms with van der Waals surface area (Å²) in [6, 6.07) is 2.04. The van der Waals surface area contributed by atoms with Crippen LogP contribution in [-0.4, -0.2) is 36.8 Å². The number of aryl methyl sites for hydroxylation is 1. The van der Waals surface area contributed by atoms with Gasteiger partial charge in [0.15, 0.2) is 5.56 Å². The van der Waals surface area contributed by atoms with Crippen LogP contribution in [0.5, 0.6) is 11.5 Å². The number of fused-ring (bicyclic) bond motifs is 3. The molecule has 2 aromatic heterocycles. The number of hydrogen-bond acceptors (Lipinski definition) is 6. The van der Waals surface area contributed by atoms with Crippen molar-refractivity contribution >= 4 is 5.97 Å². The Morgan fingerprint density at radius 3 is 2.58 bits per heavy atom. The highest BCUT2D eigenvalue weighted by atomic mass is 16.5. The number of aromatic nitrogens is 2. The van der Waals surface area contributed by atoms with E-state index < -0.39 is 11.5 Å². The van der Waals surface area contributed by atoms with Crippen molar-refractivity contribution in [2.24, 2.45) is 5.41 Å². The second-order valence-electron chi connectivity index (χ2n) is 9.05. The van der Waals surface area contributed by atoms with E-state index in [1.54, 1.807) is 0 Å². The molecule has 3 rings (SSSR count). The van der Waals surface area contributed by atoms with Crippen LogP contribution in [0, 0.1) is 12.3 Å². The van der Waals surface area contributed by atoms with Crippen LogP contribution < -0.4 is 15.0 Å². The van der Waals surface area contributed by atoms with Gasteiger partial charge in [-0.1, -0.05) is 34.1 Å². The van der Waals surface area contributed by atoms with Gasteiger partial charge in [-0.15, -0.1) is 0 Å². The molecule has 0 aromatic carbocycles. The van der Waals surface area contributed by atoms with Crippen LogP contribution in [-0.2, 0) is 11.2 Å². The summed E-state index contributed by atoms with van der Waals surface area (Å²) in [6.07, 6.45) is 2.72. The molecule has 0 radical (unpaired) electrons. The van der Waals surface area contributed by atoms with Crippen molar-refractivity contribution in [2.75, 3.05) is 20.8 Å². The summed E-state index contributed by atoms with van der Waals surface area (Å²) in [5.74, 6) is 0.295. The van der Waals surface area contributed by atoms with E-state index in [1.807, 2.05) is 13.0 Å². The van der Waals surface area contributed by atoms with Crippen molar-refractivity contribution in [3.05, 3.63) is 38.8 Å². The summed E-state index contributed by atoms with van der Waals surface area (Å²) >= 11 is 0. The van der Waals surface area contributed by atoms with Gasteiger partial charge in [0.25, 0.3) is 5.56 Å². The molecule has 0 saturated carbocycles. The van der Waals surface area contributed by atoms with E-state index in [0.717, 1.165) is 35.4 Å². The molecule has 0 bridgehead atoms. The number of methoxy groups -OCH3 is 2. The fourth-order valence-electron chi connectivity index (χ4n) is 4.14. The summed E-state index contributed by atoms with van der Waals surface area (Å²) < 4.78 is 16.5. The minimum atomic E-state index is -0.719.